The van der Waals surface area contributed by atoms with Crippen LogP contribution in [-0.2, 0) is 9.59 Å². The van der Waals surface area contributed by atoms with Gasteiger partial charge in [0.05, 0.1) is 7.05 Å². The van der Waals surface area contributed by atoms with Gasteiger partial charge in [0.1, 0.15) is 0 Å². The number of nitrogens with one attached hydrogen (secondary N) is 2. The largest absolute Gasteiger partial charge is 0.322 e. The number of para-hydroxylation sites is 1. The second-order valence-electron chi connectivity index (χ2n) is 9.02. The monoisotopic (exact) mass is 422 g/mol. The zero-order chi connectivity index (χ0) is 22.4. The van der Waals surface area contributed by atoms with Gasteiger partial charge in [-0.3, -0.25) is 9.59 Å². The van der Waals surface area contributed by atoms with Gasteiger partial charge < -0.3 is 15.1 Å². The fraction of sp³-hybridized carbons (Fsp3) is 0.462. The van der Waals surface area contributed by atoms with Crippen LogP contribution in [0.1, 0.15) is 48.8 Å². The van der Waals surface area contributed by atoms with E-state index in [1.165, 1.54) is 24.8 Å². The zero-order valence-electron chi connectivity index (χ0n) is 19.3. The molecule has 2 amide bonds. The van der Waals surface area contributed by atoms with Crippen molar-refractivity contribution < 1.29 is 14.5 Å². The Hall–Kier alpha value is -2.66. The van der Waals surface area contributed by atoms with Crippen LogP contribution in [0.3, 0.4) is 0 Å². The van der Waals surface area contributed by atoms with E-state index >= 15 is 0 Å². The van der Waals surface area contributed by atoms with Gasteiger partial charge >= 0.3 is 0 Å². The third-order valence-electron chi connectivity index (χ3n) is 6.10. The molecule has 31 heavy (non-hydrogen) atoms. The summed E-state index contributed by atoms with van der Waals surface area (Å²) in [5.41, 5.74) is 5.15. The van der Waals surface area contributed by atoms with Gasteiger partial charge in [0, 0.05) is 17.4 Å². The molecule has 0 radical (unpaired) electrons. The number of aryl methyl sites for hydroxylation is 3. The smallest absolute Gasteiger partial charge is 0.282 e. The van der Waals surface area contributed by atoms with E-state index in [0.29, 0.717) is 6.54 Å². The van der Waals surface area contributed by atoms with Gasteiger partial charge in [-0.2, -0.15) is 0 Å². The highest BCUT2D eigenvalue weighted by molar-refractivity contribution is 5.95. The van der Waals surface area contributed by atoms with Crippen LogP contribution in [0, 0.1) is 20.8 Å². The molecule has 0 aliphatic heterocycles. The molecule has 2 aromatic rings. The van der Waals surface area contributed by atoms with Gasteiger partial charge in [0.15, 0.2) is 13.1 Å². The highest BCUT2D eigenvalue weighted by Crippen LogP contribution is 2.27. The third-order valence-corrected chi connectivity index (χ3v) is 6.10. The SMILES string of the molecule is Cc1cc(C)c(NC(=O)C[NH+](C)CC(=O)N(c2ccccc2)C2CCCCC2)c(C)c1. The Morgan fingerprint density at radius 3 is 2.19 bits per heavy atom. The maximum Gasteiger partial charge on any atom is 0.282 e. The summed E-state index contributed by atoms with van der Waals surface area (Å²) in [6, 6.07) is 14.4. The first kappa shape index (κ1) is 23.0. The second kappa shape index (κ2) is 10.6. The second-order valence-corrected chi connectivity index (χ2v) is 9.02. The van der Waals surface area contributed by atoms with Crippen LogP contribution in [0.15, 0.2) is 42.5 Å². The summed E-state index contributed by atoms with van der Waals surface area (Å²) in [6.45, 7) is 6.63. The van der Waals surface area contributed by atoms with Gasteiger partial charge in [0.25, 0.3) is 11.8 Å². The van der Waals surface area contributed by atoms with E-state index in [1.54, 1.807) is 0 Å². The first-order valence-electron chi connectivity index (χ1n) is 11.4. The minimum Gasteiger partial charge on any atom is -0.322 e. The van der Waals surface area contributed by atoms with E-state index in [4.69, 9.17) is 0 Å². The molecule has 166 valence electrons. The maximum atomic E-state index is 13.3. The lowest BCUT2D eigenvalue weighted by molar-refractivity contribution is -0.862. The van der Waals surface area contributed by atoms with E-state index < -0.39 is 0 Å². The Balaban J connectivity index is 1.64. The van der Waals surface area contributed by atoms with Crippen LogP contribution >= 0.6 is 0 Å². The van der Waals surface area contributed by atoms with Gasteiger partial charge in [-0.15, -0.1) is 0 Å². The molecule has 5 nitrogen and oxygen atoms in total. The van der Waals surface area contributed by atoms with Crippen molar-refractivity contribution in [2.75, 3.05) is 30.4 Å². The number of amides is 2. The summed E-state index contributed by atoms with van der Waals surface area (Å²) >= 11 is 0. The van der Waals surface area contributed by atoms with Crippen molar-refractivity contribution in [1.29, 1.82) is 0 Å². The average Bonchev–Trinajstić information content (AvgIpc) is 2.72. The Morgan fingerprint density at radius 2 is 1.58 bits per heavy atom. The molecule has 1 aliphatic rings. The number of anilines is 2. The molecule has 1 unspecified atom stereocenters. The molecule has 0 heterocycles. The molecule has 1 aliphatic carbocycles. The number of carbonyl (C=O) groups is 2. The maximum absolute atomic E-state index is 13.3. The molecule has 1 fully saturated rings. The molecule has 3 rings (SSSR count). The Labute approximate surface area is 186 Å². The first-order valence-corrected chi connectivity index (χ1v) is 11.4. The minimum absolute atomic E-state index is 0.0655. The van der Waals surface area contributed by atoms with E-state index in [2.05, 4.69) is 24.4 Å². The Bertz CT molecular complexity index is 881. The molecule has 1 saturated carbocycles. The van der Waals surface area contributed by atoms with E-state index in [1.807, 2.05) is 56.1 Å². The van der Waals surface area contributed by atoms with Crippen LogP contribution < -0.4 is 15.1 Å². The number of hydrogen-bond acceptors (Lipinski definition) is 2. The number of benzene rings is 2. The van der Waals surface area contributed by atoms with Crippen LogP contribution in [-0.4, -0.2) is 38.0 Å². The fourth-order valence-corrected chi connectivity index (χ4v) is 4.73. The molecular weight excluding hydrogens is 386 g/mol. The third kappa shape index (κ3) is 6.17. The van der Waals surface area contributed by atoms with Crippen molar-refractivity contribution in [3.63, 3.8) is 0 Å². The van der Waals surface area contributed by atoms with Crippen molar-refractivity contribution in [2.24, 2.45) is 0 Å². The molecule has 1 atom stereocenters. The van der Waals surface area contributed by atoms with E-state index in [9.17, 15) is 9.59 Å². The summed E-state index contributed by atoms with van der Waals surface area (Å²) < 4.78 is 0. The number of rotatable bonds is 7. The lowest BCUT2D eigenvalue weighted by Gasteiger charge is -2.34. The van der Waals surface area contributed by atoms with Gasteiger partial charge in [0.2, 0.25) is 0 Å². The summed E-state index contributed by atoms with van der Waals surface area (Å²) in [4.78, 5) is 28.9. The van der Waals surface area contributed by atoms with Crippen molar-refractivity contribution >= 4 is 23.2 Å². The van der Waals surface area contributed by atoms with Crippen molar-refractivity contribution in [1.82, 2.24) is 0 Å². The highest BCUT2D eigenvalue weighted by atomic mass is 16.2. The topological polar surface area (TPSA) is 53.9 Å². The lowest BCUT2D eigenvalue weighted by Crippen LogP contribution is -3.11. The van der Waals surface area contributed by atoms with Gasteiger partial charge in [-0.1, -0.05) is 55.2 Å². The summed E-state index contributed by atoms with van der Waals surface area (Å²) in [6.07, 6.45) is 5.68. The number of hydrogen-bond donors (Lipinski definition) is 2. The van der Waals surface area contributed by atoms with E-state index in [-0.39, 0.29) is 24.4 Å². The van der Waals surface area contributed by atoms with Gasteiger partial charge in [-0.25, -0.2) is 0 Å². The van der Waals surface area contributed by atoms with E-state index in [0.717, 1.165) is 40.2 Å². The van der Waals surface area contributed by atoms with Crippen LogP contribution in [0.4, 0.5) is 11.4 Å². The predicted octanol–water partition coefficient (Wildman–Crippen LogP) is 3.43. The quantitative estimate of drug-likeness (QED) is 0.718. The number of quaternary nitrogens is 1. The lowest BCUT2D eigenvalue weighted by atomic mass is 9.93. The Kier molecular flexibility index (Phi) is 7.85. The summed E-state index contributed by atoms with van der Waals surface area (Å²) in [7, 11) is 1.91. The number of nitrogens with zero attached hydrogens (tertiary/aromatic N) is 1. The van der Waals surface area contributed by atoms with Crippen LogP contribution in [0.2, 0.25) is 0 Å². The van der Waals surface area contributed by atoms with Crippen LogP contribution in [0.5, 0.6) is 0 Å². The molecule has 0 saturated heterocycles. The van der Waals surface area contributed by atoms with Crippen molar-refractivity contribution in [3.8, 4) is 0 Å². The number of carbonyl (C=O) groups excluding carboxylic acids is 2. The van der Waals surface area contributed by atoms with Crippen LogP contribution in [0.25, 0.3) is 0 Å². The van der Waals surface area contributed by atoms with Crippen molar-refractivity contribution in [2.45, 2.75) is 58.9 Å². The first-order chi connectivity index (χ1) is 14.8. The number of likely N-dealkylation sites (N-methyl/N-ethyl adjacent to an activating group) is 1. The highest BCUT2D eigenvalue weighted by Gasteiger charge is 2.29. The summed E-state index contributed by atoms with van der Waals surface area (Å²) in [5.74, 6) is 0.0235. The fourth-order valence-electron chi connectivity index (χ4n) is 4.73. The standard InChI is InChI=1S/C26H35N3O2/c1-19-15-20(2)26(21(3)16-19)27-24(30)17-28(4)18-25(31)29(22-11-7-5-8-12-22)23-13-9-6-10-14-23/h5,7-8,11-12,15-16,23H,6,9-10,13-14,17-18H2,1-4H3,(H,27,30)/p+1. The van der Waals surface area contributed by atoms with Crippen molar-refractivity contribution in [3.05, 3.63) is 59.2 Å². The predicted molar refractivity (Wildman–Crippen MR) is 127 cm³/mol. The molecule has 0 aromatic heterocycles. The summed E-state index contributed by atoms with van der Waals surface area (Å²) in [5, 5.41) is 3.05. The zero-order valence-corrected chi connectivity index (χ0v) is 19.3. The Morgan fingerprint density at radius 1 is 0.968 bits per heavy atom. The molecule has 5 heteroatoms. The molecule has 0 bridgehead atoms. The molecule has 0 spiro atoms. The molecule has 2 N–H and O–H groups in total. The average molecular weight is 423 g/mol. The minimum atomic E-state index is -0.0655. The normalized spacial score (nSPS) is 15.4. The molecule has 2 aromatic carbocycles. The van der Waals surface area contributed by atoms with Gasteiger partial charge in [-0.05, 0) is 56.9 Å². The molecular formula is C26H36N3O2+.